The van der Waals surface area contributed by atoms with Crippen molar-refractivity contribution in [1.29, 1.82) is 0 Å². The van der Waals surface area contributed by atoms with Gasteiger partial charge in [-0.05, 0) is 19.1 Å². The number of amides is 1. The number of nitrogens with one attached hydrogen (secondary N) is 1. The van der Waals surface area contributed by atoms with E-state index in [0.29, 0.717) is 17.2 Å². The van der Waals surface area contributed by atoms with Crippen LogP contribution in [0.25, 0.3) is 0 Å². The summed E-state index contributed by atoms with van der Waals surface area (Å²) in [6.45, 7) is 1.53. The van der Waals surface area contributed by atoms with Crippen LogP contribution in [0.4, 0.5) is 5.69 Å². The molecule has 0 aromatic heterocycles. The molecule has 1 aromatic rings. The van der Waals surface area contributed by atoms with Gasteiger partial charge in [0.1, 0.15) is 0 Å². The van der Waals surface area contributed by atoms with E-state index in [-0.39, 0.29) is 13.4 Å². The first kappa shape index (κ1) is 12.9. The topological polar surface area (TPSA) is 73.9 Å². The van der Waals surface area contributed by atoms with E-state index in [0.717, 1.165) is 0 Å². The van der Waals surface area contributed by atoms with E-state index in [1.807, 2.05) is 0 Å². The third-order valence-corrected chi connectivity index (χ3v) is 2.30. The third-order valence-electron chi connectivity index (χ3n) is 2.30. The summed E-state index contributed by atoms with van der Waals surface area (Å²) < 4.78 is 15.1. The number of carbonyl (C=O) groups excluding carboxylic acids is 2. The number of carbonyl (C=O) groups is 2. The zero-order valence-corrected chi connectivity index (χ0v) is 10.3. The molecular formula is C13H13NO5. The van der Waals surface area contributed by atoms with Crippen molar-refractivity contribution in [3.63, 3.8) is 0 Å². The molecule has 1 aliphatic heterocycles. The van der Waals surface area contributed by atoms with Crippen LogP contribution in [-0.4, -0.2) is 25.3 Å². The average molecular weight is 263 g/mol. The first-order valence-corrected chi connectivity index (χ1v) is 5.68. The molecule has 1 aliphatic rings. The largest absolute Gasteiger partial charge is 0.454 e. The Bertz CT molecular complexity index is 524. The van der Waals surface area contributed by atoms with E-state index in [1.165, 1.54) is 12.2 Å². The van der Waals surface area contributed by atoms with Crippen molar-refractivity contribution < 1.29 is 23.8 Å². The summed E-state index contributed by atoms with van der Waals surface area (Å²) in [6.07, 6.45) is 2.78. The summed E-state index contributed by atoms with van der Waals surface area (Å²) >= 11 is 0. The standard InChI is InChI=1S/C13H13NO5/c1-2-3-13(16)17-7-12(15)14-9-4-5-10-11(6-9)19-8-18-10/h2-6H,7-8H2,1H3,(H,14,15). The quantitative estimate of drug-likeness (QED) is 0.657. The molecule has 0 spiro atoms. The van der Waals surface area contributed by atoms with E-state index in [4.69, 9.17) is 14.2 Å². The highest BCUT2D eigenvalue weighted by molar-refractivity contribution is 5.94. The maximum Gasteiger partial charge on any atom is 0.330 e. The van der Waals surface area contributed by atoms with Crippen LogP contribution in [0.1, 0.15) is 6.92 Å². The minimum Gasteiger partial charge on any atom is -0.454 e. The minimum absolute atomic E-state index is 0.174. The Labute approximate surface area is 110 Å². The van der Waals surface area contributed by atoms with Crippen LogP contribution < -0.4 is 14.8 Å². The zero-order chi connectivity index (χ0) is 13.7. The number of hydrogen-bond donors (Lipinski definition) is 1. The molecule has 2 rings (SSSR count). The Morgan fingerprint density at radius 1 is 1.37 bits per heavy atom. The Hall–Kier alpha value is -2.50. The lowest BCUT2D eigenvalue weighted by atomic mass is 10.3. The lowest BCUT2D eigenvalue weighted by Gasteiger charge is -2.06. The summed E-state index contributed by atoms with van der Waals surface area (Å²) in [5.41, 5.74) is 0.552. The number of anilines is 1. The highest BCUT2D eigenvalue weighted by atomic mass is 16.7. The number of hydrogen-bond acceptors (Lipinski definition) is 5. The van der Waals surface area contributed by atoms with Crippen LogP contribution in [-0.2, 0) is 14.3 Å². The second kappa shape index (κ2) is 5.90. The van der Waals surface area contributed by atoms with Crippen molar-refractivity contribution in [3.8, 4) is 11.5 Å². The van der Waals surface area contributed by atoms with Gasteiger partial charge in [0.25, 0.3) is 5.91 Å². The molecule has 0 saturated heterocycles. The van der Waals surface area contributed by atoms with Gasteiger partial charge in [0.15, 0.2) is 18.1 Å². The molecular weight excluding hydrogens is 250 g/mol. The van der Waals surface area contributed by atoms with Gasteiger partial charge >= 0.3 is 5.97 Å². The Morgan fingerprint density at radius 2 is 2.16 bits per heavy atom. The maximum atomic E-state index is 11.5. The molecule has 0 saturated carbocycles. The number of allylic oxidation sites excluding steroid dienone is 1. The lowest BCUT2D eigenvalue weighted by molar-refractivity contribution is -0.142. The van der Waals surface area contributed by atoms with Gasteiger partial charge in [-0.1, -0.05) is 6.08 Å². The second-order valence-corrected chi connectivity index (χ2v) is 3.72. The van der Waals surface area contributed by atoms with Crippen LogP contribution in [0.5, 0.6) is 11.5 Å². The molecule has 19 heavy (non-hydrogen) atoms. The predicted octanol–water partition coefficient (Wildman–Crippen LogP) is 1.47. The average Bonchev–Trinajstić information content (AvgIpc) is 2.84. The Kier molecular flexibility index (Phi) is 4.02. The van der Waals surface area contributed by atoms with E-state index in [1.54, 1.807) is 25.1 Å². The van der Waals surface area contributed by atoms with Crippen LogP contribution in [0.3, 0.4) is 0 Å². The molecule has 1 N–H and O–H groups in total. The van der Waals surface area contributed by atoms with Gasteiger partial charge in [-0.25, -0.2) is 4.79 Å². The van der Waals surface area contributed by atoms with Gasteiger partial charge in [0.2, 0.25) is 6.79 Å². The number of esters is 1. The normalized spacial score (nSPS) is 12.5. The van der Waals surface area contributed by atoms with Gasteiger partial charge < -0.3 is 19.5 Å². The van der Waals surface area contributed by atoms with Crippen LogP contribution >= 0.6 is 0 Å². The Balaban J connectivity index is 1.87. The SMILES string of the molecule is CC=CC(=O)OCC(=O)Nc1ccc2c(c1)OCO2. The monoisotopic (exact) mass is 263 g/mol. The number of ether oxygens (including phenoxy) is 3. The molecule has 0 unspecified atom stereocenters. The van der Waals surface area contributed by atoms with Crippen molar-refractivity contribution >= 4 is 17.6 Å². The molecule has 0 radical (unpaired) electrons. The van der Waals surface area contributed by atoms with E-state index in [2.05, 4.69) is 5.32 Å². The summed E-state index contributed by atoms with van der Waals surface area (Å²) in [5, 5.41) is 2.59. The van der Waals surface area contributed by atoms with Gasteiger partial charge in [-0.2, -0.15) is 0 Å². The maximum absolute atomic E-state index is 11.5. The van der Waals surface area contributed by atoms with E-state index in [9.17, 15) is 9.59 Å². The number of benzene rings is 1. The van der Waals surface area contributed by atoms with Gasteiger partial charge in [-0.15, -0.1) is 0 Å². The minimum atomic E-state index is -0.552. The third kappa shape index (κ3) is 3.48. The highest BCUT2D eigenvalue weighted by Crippen LogP contribution is 2.34. The molecule has 6 heteroatoms. The van der Waals surface area contributed by atoms with Gasteiger partial charge in [0.05, 0.1) is 0 Å². The first-order valence-electron chi connectivity index (χ1n) is 5.68. The van der Waals surface area contributed by atoms with Gasteiger partial charge in [0, 0.05) is 17.8 Å². The summed E-state index contributed by atoms with van der Waals surface area (Å²) in [6, 6.07) is 5.02. The van der Waals surface area contributed by atoms with Gasteiger partial charge in [-0.3, -0.25) is 4.79 Å². The summed E-state index contributed by atoms with van der Waals surface area (Å²) in [4.78, 5) is 22.6. The Morgan fingerprint density at radius 3 is 2.95 bits per heavy atom. The van der Waals surface area contributed by atoms with Crippen molar-refractivity contribution in [1.82, 2.24) is 0 Å². The van der Waals surface area contributed by atoms with Crippen molar-refractivity contribution in [3.05, 3.63) is 30.4 Å². The summed E-state index contributed by atoms with van der Waals surface area (Å²) in [5.74, 6) is 0.237. The molecule has 1 heterocycles. The fraction of sp³-hybridized carbons (Fsp3) is 0.231. The molecule has 0 aliphatic carbocycles. The van der Waals surface area contributed by atoms with Crippen molar-refractivity contribution in [2.75, 3.05) is 18.7 Å². The smallest absolute Gasteiger partial charge is 0.330 e. The van der Waals surface area contributed by atoms with Crippen LogP contribution in [0.15, 0.2) is 30.4 Å². The fourth-order valence-electron chi connectivity index (χ4n) is 1.49. The highest BCUT2D eigenvalue weighted by Gasteiger charge is 2.14. The molecule has 0 bridgehead atoms. The van der Waals surface area contributed by atoms with E-state index < -0.39 is 11.9 Å². The molecule has 1 aromatic carbocycles. The molecule has 100 valence electrons. The zero-order valence-electron chi connectivity index (χ0n) is 10.3. The molecule has 0 atom stereocenters. The number of fused-ring (bicyclic) bond motifs is 1. The van der Waals surface area contributed by atoms with Crippen LogP contribution in [0, 0.1) is 0 Å². The predicted molar refractivity (Wildman–Crippen MR) is 67.0 cm³/mol. The lowest BCUT2D eigenvalue weighted by Crippen LogP contribution is -2.20. The van der Waals surface area contributed by atoms with E-state index >= 15 is 0 Å². The van der Waals surface area contributed by atoms with Crippen LogP contribution in [0.2, 0.25) is 0 Å². The van der Waals surface area contributed by atoms with Crippen molar-refractivity contribution in [2.24, 2.45) is 0 Å². The van der Waals surface area contributed by atoms with Crippen molar-refractivity contribution in [2.45, 2.75) is 6.92 Å². The fourth-order valence-corrected chi connectivity index (χ4v) is 1.49. The summed E-state index contributed by atoms with van der Waals surface area (Å²) in [7, 11) is 0. The molecule has 0 fully saturated rings. The second-order valence-electron chi connectivity index (χ2n) is 3.72. The number of rotatable bonds is 4. The molecule has 6 nitrogen and oxygen atoms in total. The first-order chi connectivity index (χ1) is 9.19. The molecule has 1 amide bonds.